The van der Waals surface area contributed by atoms with Crippen molar-refractivity contribution in [1.29, 1.82) is 0 Å². The highest BCUT2D eigenvalue weighted by Crippen LogP contribution is 2.36. The van der Waals surface area contributed by atoms with E-state index >= 15 is 0 Å². The molecule has 0 aliphatic carbocycles. The summed E-state index contributed by atoms with van der Waals surface area (Å²) in [6, 6.07) is 5.92. The monoisotopic (exact) mass is 284 g/mol. The number of hydrogen-bond acceptors (Lipinski definition) is 3. The highest BCUT2D eigenvalue weighted by atomic mass is 35.5. The van der Waals surface area contributed by atoms with Crippen molar-refractivity contribution < 1.29 is 9.31 Å². The Balaban J connectivity index is 2.32. The smallest absolute Gasteiger partial charge is 0.399 e. The van der Waals surface area contributed by atoms with Crippen molar-refractivity contribution in [3.05, 3.63) is 23.2 Å². The van der Waals surface area contributed by atoms with Crippen LogP contribution in [0, 0.1) is 0 Å². The van der Waals surface area contributed by atoms with Gasteiger partial charge < -0.3 is 9.31 Å². The number of halogens is 1. The lowest BCUT2D eigenvalue weighted by Crippen LogP contribution is -2.41. The highest BCUT2D eigenvalue weighted by molar-refractivity contribution is 7.98. The van der Waals surface area contributed by atoms with Gasteiger partial charge in [0.1, 0.15) is 0 Å². The maximum absolute atomic E-state index is 6.12. The van der Waals surface area contributed by atoms with Crippen LogP contribution in [0.25, 0.3) is 0 Å². The van der Waals surface area contributed by atoms with Gasteiger partial charge in [-0.2, -0.15) is 0 Å². The molecule has 0 radical (unpaired) electrons. The lowest BCUT2D eigenvalue weighted by Gasteiger charge is -2.32. The lowest BCUT2D eigenvalue weighted by atomic mass is 9.79. The number of hydrogen-bond donors (Lipinski definition) is 0. The molecule has 0 bridgehead atoms. The van der Waals surface area contributed by atoms with E-state index in [1.807, 2.05) is 46.1 Å². The van der Waals surface area contributed by atoms with Crippen LogP contribution < -0.4 is 5.46 Å². The third kappa shape index (κ3) is 2.57. The van der Waals surface area contributed by atoms with Crippen LogP contribution in [0.15, 0.2) is 23.1 Å². The van der Waals surface area contributed by atoms with Gasteiger partial charge in [-0.1, -0.05) is 11.6 Å². The average molecular weight is 285 g/mol. The van der Waals surface area contributed by atoms with Gasteiger partial charge in [0.05, 0.1) is 11.2 Å². The van der Waals surface area contributed by atoms with E-state index < -0.39 is 0 Å². The molecule has 0 amide bonds. The Bertz CT molecular complexity index is 446. The first-order valence-corrected chi connectivity index (χ1v) is 7.55. The molecule has 0 N–H and O–H groups in total. The molecule has 98 valence electrons. The molecule has 0 aromatic heterocycles. The van der Waals surface area contributed by atoms with Gasteiger partial charge in [-0.25, -0.2) is 0 Å². The SMILES string of the molecule is CSc1cc(Cl)cc(B2OC(C)(C)C(C)(C)O2)c1. The summed E-state index contributed by atoms with van der Waals surface area (Å²) in [4.78, 5) is 1.12. The van der Waals surface area contributed by atoms with E-state index in [1.165, 1.54) is 0 Å². The minimum atomic E-state index is -0.348. The fourth-order valence-corrected chi connectivity index (χ4v) is 2.62. The fraction of sp³-hybridized carbons (Fsp3) is 0.538. The van der Waals surface area contributed by atoms with Gasteiger partial charge in [-0.05, 0) is 57.6 Å². The van der Waals surface area contributed by atoms with Crippen LogP contribution >= 0.6 is 23.4 Å². The highest BCUT2D eigenvalue weighted by Gasteiger charge is 2.51. The average Bonchev–Trinajstić information content (AvgIpc) is 2.47. The van der Waals surface area contributed by atoms with Crippen molar-refractivity contribution in [3.63, 3.8) is 0 Å². The molecular formula is C13H18BClO2S. The Labute approximate surface area is 119 Å². The topological polar surface area (TPSA) is 18.5 Å². The van der Waals surface area contributed by atoms with Crippen molar-refractivity contribution in [1.82, 2.24) is 0 Å². The zero-order chi connectivity index (χ0) is 13.6. The first-order valence-electron chi connectivity index (χ1n) is 5.95. The van der Waals surface area contributed by atoms with Crippen LogP contribution in [-0.4, -0.2) is 24.6 Å². The molecule has 1 aromatic rings. The maximum Gasteiger partial charge on any atom is 0.494 e. The van der Waals surface area contributed by atoms with E-state index in [-0.39, 0.29) is 18.3 Å². The molecule has 1 fully saturated rings. The quantitative estimate of drug-likeness (QED) is 0.613. The largest absolute Gasteiger partial charge is 0.494 e. The Hall–Kier alpha value is -0.155. The van der Waals surface area contributed by atoms with E-state index in [0.29, 0.717) is 5.02 Å². The molecule has 2 nitrogen and oxygen atoms in total. The maximum atomic E-state index is 6.12. The molecule has 1 aliphatic heterocycles. The van der Waals surface area contributed by atoms with E-state index in [4.69, 9.17) is 20.9 Å². The standard InChI is InChI=1S/C13H18BClO2S/c1-12(2)13(3,4)17-14(16-12)9-6-10(15)8-11(7-9)18-5/h6-8H,1-5H3. The summed E-state index contributed by atoms with van der Waals surface area (Å²) in [5, 5.41) is 0.714. The van der Waals surface area contributed by atoms with Crippen LogP contribution in [0.1, 0.15) is 27.7 Å². The van der Waals surface area contributed by atoms with Crippen LogP contribution in [0.4, 0.5) is 0 Å². The van der Waals surface area contributed by atoms with Gasteiger partial charge >= 0.3 is 7.12 Å². The van der Waals surface area contributed by atoms with E-state index in [2.05, 4.69) is 6.07 Å². The molecule has 0 unspecified atom stereocenters. The van der Waals surface area contributed by atoms with E-state index in [0.717, 1.165) is 10.4 Å². The third-order valence-corrected chi connectivity index (χ3v) is 4.58. The normalized spacial score (nSPS) is 21.3. The van der Waals surface area contributed by atoms with Crippen LogP contribution in [-0.2, 0) is 9.31 Å². The Morgan fingerprint density at radius 2 is 1.61 bits per heavy atom. The van der Waals surface area contributed by atoms with Gasteiger partial charge in [0.2, 0.25) is 0 Å². The molecule has 2 rings (SSSR count). The van der Waals surface area contributed by atoms with Gasteiger partial charge in [-0.3, -0.25) is 0 Å². The summed E-state index contributed by atoms with van der Waals surface area (Å²) in [7, 11) is -0.348. The lowest BCUT2D eigenvalue weighted by molar-refractivity contribution is 0.00578. The Morgan fingerprint density at radius 1 is 1.06 bits per heavy atom. The second kappa shape index (κ2) is 4.75. The molecule has 1 aliphatic rings. The number of rotatable bonds is 2. The minimum Gasteiger partial charge on any atom is -0.399 e. The van der Waals surface area contributed by atoms with Gasteiger partial charge in [-0.15, -0.1) is 11.8 Å². The first-order chi connectivity index (χ1) is 8.25. The summed E-state index contributed by atoms with van der Waals surface area (Å²) in [5.74, 6) is 0. The first kappa shape index (κ1) is 14.3. The fourth-order valence-electron chi connectivity index (χ4n) is 1.82. The summed E-state index contributed by atoms with van der Waals surface area (Å²) in [5.41, 5.74) is 0.337. The van der Waals surface area contributed by atoms with Crippen molar-refractivity contribution in [3.8, 4) is 0 Å². The van der Waals surface area contributed by atoms with Crippen molar-refractivity contribution in [2.45, 2.75) is 43.8 Å². The molecule has 18 heavy (non-hydrogen) atoms. The molecule has 1 saturated heterocycles. The van der Waals surface area contributed by atoms with Crippen molar-refractivity contribution >= 4 is 35.9 Å². The van der Waals surface area contributed by atoms with Crippen LogP contribution in [0.3, 0.4) is 0 Å². The summed E-state index contributed by atoms with van der Waals surface area (Å²) in [6.45, 7) is 8.19. The van der Waals surface area contributed by atoms with Gasteiger partial charge in [0.25, 0.3) is 0 Å². The number of benzene rings is 1. The summed E-state index contributed by atoms with van der Waals surface area (Å²) in [6.07, 6.45) is 2.03. The second-order valence-corrected chi connectivity index (χ2v) is 6.83. The Kier molecular flexibility index (Phi) is 3.76. The molecule has 0 saturated carbocycles. The van der Waals surface area contributed by atoms with Gasteiger partial charge in [0, 0.05) is 9.92 Å². The van der Waals surface area contributed by atoms with Crippen molar-refractivity contribution in [2.24, 2.45) is 0 Å². The van der Waals surface area contributed by atoms with Crippen LogP contribution in [0.5, 0.6) is 0 Å². The Morgan fingerprint density at radius 3 is 2.11 bits per heavy atom. The molecule has 1 heterocycles. The minimum absolute atomic E-state index is 0.320. The summed E-state index contributed by atoms with van der Waals surface area (Å²) >= 11 is 7.79. The van der Waals surface area contributed by atoms with Crippen molar-refractivity contribution in [2.75, 3.05) is 6.26 Å². The molecule has 0 atom stereocenters. The van der Waals surface area contributed by atoms with E-state index in [1.54, 1.807) is 11.8 Å². The zero-order valence-electron chi connectivity index (χ0n) is 11.4. The van der Waals surface area contributed by atoms with Gasteiger partial charge in [0.15, 0.2) is 0 Å². The zero-order valence-corrected chi connectivity index (χ0v) is 13.0. The molecular weight excluding hydrogens is 266 g/mol. The third-order valence-electron chi connectivity index (χ3n) is 3.65. The summed E-state index contributed by atoms with van der Waals surface area (Å²) < 4.78 is 12.0. The predicted octanol–water partition coefficient (Wildman–Crippen LogP) is 3.36. The number of thioether (sulfide) groups is 1. The molecule has 0 spiro atoms. The second-order valence-electron chi connectivity index (χ2n) is 5.51. The molecule has 5 heteroatoms. The van der Waals surface area contributed by atoms with E-state index in [9.17, 15) is 0 Å². The van der Waals surface area contributed by atoms with Crippen LogP contribution in [0.2, 0.25) is 5.02 Å². The predicted molar refractivity (Wildman–Crippen MR) is 78.9 cm³/mol. The molecule has 1 aromatic carbocycles.